The van der Waals surface area contributed by atoms with E-state index in [4.69, 9.17) is 4.74 Å². The highest BCUT2D eigenvalue weighted by molar-refractivity contribution is 9.10. The molecule has 0 aromatic heterocycles. The van der Waals surface area contributed by atoms with Crippen molar-refractivity contribution in [3.63, 3.8) is 0 Å². The number of benzene rings is 2. The van der Waals surface area contributed by atoms with E-state index in [-0.39, 0.29) is 5.91 Å². The number of amides is 1. The predicted octanol–water partition coefficient (Wildman–Crippen LogP) is 3.35. The van der Waals surface area contributed by atoms with Crippen molar-refractivity contribution >= 4 is 27.5 Å². The molecule has 1 amide bonds. The number of piperazine rings is 1. The third-order valence-electron chi connectivity index (χ3n) is 4.32. The summed E-state index contributed by atoms with van der Waals surface area (Å²) in [6.45, 7) is 3.21. The lowest BCUT2D eigenvalue weighted by atomic mass is 10.1. The second-order valence-corrected chi connectivity index (χ2v) is 6.79. The molecule has 1 aliphatic heterocycles. The Hall–Kier alpha value is -2.01. The molecule has 1 heterocycles. The molecule has 126 valence electrons. The Morgan fingerprint density at radius 3 is 2.46 bits per heavy atom. The standard InChI is InChI=1S/C19H21BrN2O2/c1-24-18-4-2-3-17(14-18)21-9-11-22(12-10-21)19(23)13-15-5-7-16(20)8-6-15/h2-8,14H,9-13H2,1H3. The fraction of sp³-hybridized carbons (Fsp3) is 0.316. The molecule has 0 bridgehead atoms. The number of nitrogens with zero attached hydrogens (tertiary/aromatic N) is 2. The van der Waals surface area contributed by atoms with Gasteiger partial charge in [0.1, 0.15) is 5.75 Å². The molecule has 0 atom stereocenters. The number of rotatable bonds is 4. The maximum absolute atomic E-state index is 12.5. The Kier molecular flexibility index (Phi) is 5.41. The van der Waals surface area contributed by atoms with Gasteiger partial charge >= 0.3 is 0 Å². The minimum Gasteiger partial charge on any atom is -0.497 e. The van der Waals surface area contributed by atoms with Gasteiger partial charge in [0.2, 0.25) is 5.91 Å². The number of ether oxygens (including phenoxy) is 1. The summed E-state index contributed by atoms with van der Waals surface area (Å²) in [5.41, 5.74) is 2.20. The van der Waals surface area contributed by atoms with E-state index >= 15 is 0 Å². The largest absolute Gasteiger partial charge is 0.497 e. The highest BCUT2D eigenvalue weighted by Gasteiger charge is 2.21. The zero-order chi connectivity index (χ0) is 16.9. The number of hydrogen-bond donors (Lipinski definition) is 0. The topological polar surface area (TPSA) is 32.8 Å². The van der Waals surface area contributed by atoms with Gasteiger partial charge in [0.15, 0.2) is 0 Å². The molecule has 0 N–H and O–H groups in total. The van der Waals surface area contributed by atoms with Crippen molar-refractivity contribution in [1.29, 1.82) is 0 Å². The molecule has 5 heteroatoms. The molecule has 2 aromatic rings. The second kappa shape index (κ2) is 7.71. The zero-order valence-corrected chi connectivity index (χ0v) is 15.3. The van der Waals surface area contributed by atoms with Crippen molar-refractivity contribution in [3.8, 4) is 5.75 Å². The van der Waals surface area contributed by atoms with Gasteiger partial charge in [0.05, 0.1) is 13.5 Å². The molecule has 24 heavy (non-hydrogen) atoms. The van der Waals surface area contributed by atoms with Crippen LogP contribution in [0.5, 0.6) is 5.75 Å². The van der Waals surface area contributed by atoms with Crippen molar-refractivity contribution in [2.45, 2.75) is 6.42 Å². The molecule has 1 saturated heterocycles. The van der Waals surface area contributed by atoms with Crippen LogP contribution in [0.3, 0.4) is 0 Å². The lowest BCUT2D eigenvalue weighted by molar-refractivity contribution is -0.130. The first-order valence-electron chi connectivity index (χ1n) is 8.07. The number of carbonyl (C=O) groups excluding carboxylic acids is 1. The van der Waals surface area contributed by atoms with E-state index in [1.807, 2.05) is 47.4 Å². The maximum atomic E-state index is 12.5. The van der Waals surface area contributed by atoms with Crippen LogP contribution >= 0.6 is 15.9 Å². The van der Waals surface area contributed by atoms with Crippen LogP contribution < -0.4 is 9.64 Å². The van der Waals surface area contributed by atoms with Gasteiger partial charge in [0.25, 0.3) is 0 Å². The molecule has 1 aliphatic rings. The molecule has 0 radical (unpaired) electrons. The Morgan fingerprint density at radius 1 is 1.08 bits per heavy atom. The molecule has 2 aromatic carbocycles. The normalized spacial score (nSPS) is 14.6. The quantitative estimate of drug-likeness (QED) is 0.804. The van der Waals surface area contributed by atoms with Crippen molar-refractivity contribution in [2.75, 3.05) is 38.2 Å². The first kappa shape index (κ1) is 16.8. The van der Waals surface area contributed by atoms with Gasteiger partial charge in [-0.05, 0) is 29.8 Å². The fourth-order valence-corrected chi connectivity index (χ4v) is 3.17. The predicted molar refractivity (Wildman–Crippen MR) is 99.6 cm³/mol. The summed E-state index contributed by atoms with van der Waals surface area (Å²) < 4.78 is 6.32. The smallest absolute Gasteiger partial charge is 0.227 e. The van der Waals surface area contributed by atoms with Crippen LogP contribution in [-0.4, -0.2) is 44.1 Å². The molecule has 0 aliphatic carbocycles. The third-order valence-corrected chi connectivity index (χ3v) is 4.85. The summed E-state index contributed by atoms with van der Waals surface area (Å²) in [5.74, 6) is 1.06. The van der Waals surface area contributed by atoms with Gasteiger partial charge in [-0.15, -0.1) is 0 Å². The summed E-state index contributed by atoms with van der Waals surface area (Å²) in [6.07, 6.45) is 0.465. The zero-order valence-electron chi connectivity index (χ0n) is 13.7. The van der Waals surface area contributed by atoms with Crippen LogP contribution in [0.2, 0.25) is 0 Å². The average Bonchev–Trinajstić information content (AvgIpc) is 2.64. The Morgan fingerprint density at radius 2 is 1.79 bits per heavy atom. The summed E-state index contributed by atoms with van der Waals surface area (Å²) >= 11 is 3.42. The molecule has 0 unspecified atom stereocenters. The number of anilines is 1. The first-order valence-corrected chi connectivity index (χ1v) is 8.86. The monoisotopic (exact) mass is 388 g/mol. The van der Waals surface area contributed by atoms with Crippen LogP contribution in [0.1, 0.15) is 5.56 Å². The summed E-state index contributed by atoms with van der Waals surface area (Å²) in [6, 6.07) is 16.0. The van der Waals surface area contributed by atoms with Crippen LogP contribution in [-0.2, 0) is 11.2 Å². The Bertz CT molecular complexity index is 695. The molecular weight excluding hydrogens is 368 g/mol. The van der Waals surface area contributed by atoms with Crippen molar-refractivity contribution in [1.82, 2.24) is 4.90 Å². The number of hydrogen-bond acceptors (Lipinski definition) is 3. The molecule has 4 nitrogen and oxygen atoms in total. The summed E-state index contributed by atoms with van der Waals surface area (Å²) in [7, 11) is 1.68. The van der Waals surface area contributed by atoms with Crippen molar-refractivity contribution in [3.05, 3.63) is 58.6 Å². The highest BCUT2D eigenvalue weighted by Crippen LogP contribution is 2.22. The number of methoxy groups -OCH3 is 1. The highest BCUT2D eigenvalue weighted by atomic mass is 79.9. The van der Waals surface area contributed by atoms with E-state index in [9.17, 15) is 4.79 Å². The molecular formula is C19H21BrN2O2. The van der Waals surface area contributed by atoms with E-state index in [0.717, 1.165) is 47.7 Å². The first-order chi connectivity index (χ1) is 11.7. The fourth-order valence-electron chi connectivity index (χ4n) is 2.91. The second-order valence-electron chi connectivity index (χ2n) is 5.87. The maximum Gasteiger partial charge on any atom is 0.227 e. The van der Waals surface area contributed by atoms with Gasteiger partial charge in [-0.2, -0.15) is 0 Å². The Labute approximate surface area is 151 Å². The lowest BCUT2D eigenvalue weighted by Crippen LogP contribution is -2.49. The van der Waals surface area contributed by atoms with Crippen molar-refractivity contribution in [2.24, 2.45) is 0 Å². The van der Waals surface area contributed by atoms with E-state index < -0.39 is 0 Å². The molecule has 0 spiro atoms. The van der Waals surface area contributed by atoms with Crippen LogP contribution in [0.25, 0.3) is 0 Å². The molecule has 1 fully saturated rings. The van der Waals surface area contributed by atoms with Gasteiger partial charge in [0, 0.05) is 42.4 Å². The van der Waals surface area contributed by atoms with Gasteiger partial charge < -0.3 is 14.5 Å². The van der Waals surface area contributed by atoms with Crippen LogP contribution in [0, 0.1) is 0 Å². The van der Waals surface area contributed by atoms with Gasteiger partial charge in [-0.25, -0.2) is 0 Å². The van der Waals surface area contributed by atoms with Gasteiger partial charge in [-0.3, -0.25) is 4.79 Å². The van der Waals surface area contributed by atoms with Crippen molar-refractivity contribution < 1.29 is 9.53 Å². The SMILES string of the molecule is COc1cccc(N2CCN(C(=O)Cc3ccc(Br)cc3)CC2)c1. The number of carbonyl (C=O) groups is 1. The van der Waals surface area contributed by atoms with Crippen LogP contribution in [0.4, 0.5) is 5.69 Å². The minimum absolute atomic E-state index is 0.197. The van der Waals surface area contributed by atoms with E-state index in [0.29, 0.717) is 6.42 Å². The van der Waals surface area contributed by atoms with Crippen LogP contribution in [0.15, 0.2) is 53.0 Å². The Balaban J connectivity index is 1.56. The summed E-state index contributed by atoms with van der Waals surface area (Å²) in [5, 5.41) is 0. The third kappa shape index (κ3) is 4.09. The minimum atomic E-state index is 0.197. The molecule has 3 rings (SSSR count). The average molecular weight is 389 g/mol. The number of halogens is 1. The molecule has 0 saturated carbocycles. The lowest BCUT2D eigenvalue weighted by Gasteiger charge is -2.36. The van der Waals surface area contributed by atoms with E-state index in [1.54, 1.807) is 7.11 Å². The van der Waals surface area contributed by atoms with E-state index in [1.165, 1.54) is 0 Å². The van der Waals surface area contributed by atoms with E-state index in [2.05, 4.69) is 26.9 Å². The summed E-state index contributed by atoms with van der Waals surface area (Å²) in [4.78, 5) is 16.7. The van der Waals surface area contributed by atoms with Gasteiger partial charge in [-0.1, -0.05) is 34.1 Å².